The van der Waals surface area contributed by atoms with Gasteiger partial charge in [-0.1, -0.05) is 11.6 Å². The molecule has 0 spiro atoms. The molecule has 0 unspecified atom stereocenters. The van der Waals surface area contributed by atoms with Gasteiger partial charge in [0.15, 0.2) is 0 Å². The van der Waals surface area contributed by atoms with Crippen LogP contribution in [0.5, 0.6) is 5.75 Å². The molecule has 82 valence electrons. The molecule has 0 aliphatic carbocycles. The Bertz CT molecular complexity index is 355. The maximum atomic E-state index is 10.8. The van der Waals surface area contributed by atoms with Gasteiger partial charge in [0.05, 0.1) is 25.8 Å². The normalized spacial score (nSPS) is 9.73. The van der Waals surface area contributed by atoms with Gasteiger partial charge in [-0.15, -0.1) is 0 Å². The standard InChI is InChI=1S/C10H12ClNO3/c1-14-10(13)4-5-15-9-3-2-7(11)6-8(9)12/h2-3,6H,4-5,12H2,1H3. The molecule has 0 saturated heterocycles. The van der Waals surface area contributed by atoms with Gasteiger partial charge in [0.1, 0.15) is 5.75 Å². The molecular formula is C10H12ClNO3. The van der Waals surface area contributed by atoms with Crippen molar-refractivity contribution in [2.45, 2.75) is 6.42 Å². The minimum atomic E-state index is -0.317. The van der Waals surface area contributed by atoms with Crippen LogP contribution in [0.3, 0.4) is 0 Å². The summed E-state index contributed by atoms with van der Waals surface area (Å²) in [6.45, 7) is 0.235. The molecule has 0 aliphatic heterocycles. The van der Waals surface area contributed by atoms with E-state index in [1.54, 1.807) is 18.2 Å². The van der Waals surface area contributed by atoms with Crippen molar-refractivity contribution in [1.29, 1.82) is 0 Å². The second-order valence-corrected chi connectivity index (χ2v) is 3.29. The molecule has 2 N–H and O–H groups in total. The molecule has 0 atom stereocenters. The number of rotatable bonds is 4. The van der Waals surface area contributed by atoms with E-state index in [0.717, 1.165) is 0 Å². The summed E-state index contributed by atoms with van der Waals surface area (Å²) in [5.41, 5.74) is 6.10. The number of carbonyl (C=O) groups excluding carboxylic acids is 1. The summed E-state index contributed by atoms with van der Waals surface area (Å²) in [6, 6.07) is 4.93. The van der Waals surface area contributed by atoms with E-state index < -0.39 is 0 Å². The number of carbonyl (C=O) groups is 1. The maximum absolute atomic E-state index is 10.8. The number of anilines is 1. The first-order valence-corrected chi connectivity index (χ1v) is 4.76. The summed E-state index contributed by atoms with van der Waals surface area (Å²) in [5, 5.41) is 0.549. The number of hydrogen-bond donors (Lipinski definition) is 1. The Morgan fingerprint density at radius 1 is 1.53 bits per heavy atom. The highest BCUT2D eigenvalue weighted by atomic mass is 35.5. The molecule has 15 heavy (non-hydrogen) atoms. The van der Waals surface area contributed by atoms with Gasteiger partial charge < -0.3 is 15.2 Å². The van der Waals surface area contributed by atoms with Gasteiger partial charge in [-0.25, -0.2) is 0 Å². The number of nitrogen functional groups attached to an aromatic ring is 1. The zero-order valence-electron chi connectivity index (χ0n) is 8.33. The second-order valence-electron chi connectivity index (χ2n) is 2.86. The van der Waals surface area contributed by atoms with Crippen LogP contribution in [0.1, 0.15) is 6.42 Å². The largest absolute Gasteiger partial charge is 0.491 e. The van der Waals surface area contributed by atoms with Crippen molar-refractivity contribution in [2.24, 2.45) is 0 Å². The first-order valence-electron chi connectivity index (χ1n) is 4.38. The van der Waals surface area contributed by atoms with Crippen LogP contribution in [0.15, 0.2) is 18.2 Å². The first kappa shape index (κ1) is 11.7. The highest BCUT2D eigenvalue weighted by molar-refractivity contribution is 6.30. The molecule has 5 heteroatoms. The number of nitrogens with two attached hydrogens (primary N) is 1. The third-order valence-electron chi connectivity index (χ3n) is 1.76. The van der Waals surface area contributed by atoms with Gasteiger partial charge in [-0.2, -0.15) is 0 Å². The van der Waals surface area contributed by atoms with Gasteiger partial charge in [-0.05, 0) is 18.2 Å². The summed E-state index contributed by atoms with van der Waals surface area (Å²) in [5.74, 6) is 0.200. The minimum Gasteiger partial charge on any atom is -0.491 e. The number of benzene rings is 1. The van der Waals surface area contributed by atoms with Crippen LogP contribution in [-0.2, 0) is 9.53 Å². The molecule has 0 amide bonds. The Morgan fingerprint density at radius 2 is 2.27 bits per heavy atom. The molecule has 1 rings (SSSR count). The Morgan fingerprint density at radius 3 is 2.87 bits per heavy atom. The number of hydrogen-bond acceptors (Lipinski definition) is 4. The lowest BCUT2D eigenvalue weighted by molar-refractivity contribution is -0.141. The Labute approximate surface area is 92.9 Å². The fourth-order valence-corrected chi connectivity index (χ4v) is 1.18. The summed E-state index contributed by atoms with van der Waals surface area (Å²) >= 11 is 5.71. The van der Waals surface area contributed by atoms with Crippen LogP contribution < -0.4 is 10.5 Å². The fraction of sp³-hybridized carbons (Fsp3) is 0.300. The van der Waals surface area contributed by atoms with Crippen LogP contribution in [0, 0.1) is 0 Å². The summed E-state index contributed by atoms with van der Waals surface area (Å²) in [6.07, 6.45) is 0.193. The van der Waals surface area contributed by atoms with E-state index in [1.165, 1.54) is 7.11 Å². The Balaban J connectivity index is 2.47. The molecule has 4 nitrogen and oxygen atoms in total. The van der Waals surface area contributed by atoms with Crippen molar-refractivity contribution < 1.29 is 14.3 Å². The zero-order chi connectivity index (χ0) is 11.3. The number of methoxy groups -OCH3 is 1. The second kappa shape index (κ2) is 5.46. The number of halogens is 1. The Hall–Kier alpha value is -1.42. The summed E-state index contributed by atoms with van der Waals surface area (Å²) < 4.78 is 9.75. The van der Waals surface area contributed by atoms with Gasteiger partial charge in [-0.3, -0.25) is 4.79 Å². The predicted molar refractivity (Wildman–Crippen MR) is 58.0 cm³/mol. The van der Waals surface area contributed by atoms with E-state index in [-0.39, 0.29) is 19.0 Å². The molecular weight excluding hydrogens is 218 g/mol. The maximum Gasteiger partial charge on any atom is 0.308 e. The number of esters is 1. The molecule has 0 radical (unpaired) electrons. The smallest absolute Gasteiger partial charge is 0.308 e. The van der Waals surface area contributed by atoms with Crippen molar-refractivity contribution in [3.63, 3.8) is 0 Å². The van der Waals surface area contributed by atoms with Crippen molar-refractivity contribution in [3.05, 3.63) is 23.2 Å². The van der Waals surface area contributed by atoms with Crippen molar-refractivity contribution in [3.8, 4) is 5.75 Å². The molecule has 0 bridgehead atoms. The van der Waals surface area contributed by atoms with Crippen LogP contribution in [0.4, 0.5) is 5.69 Å². The predicted octanol–water partition coefficient (Wildman–Crippen LogP) is 1.86. The molecule has 0 aromatic heterocycles. The molecule has 0 fully saturated rings. The van der Waals surface area contributed by atoms with E-state index in [2.05, 4.69) is 4.74 Å². The first-order chi connectivity index (χ1) is 7.13. The lowest BCUT2D eigenvalue weighted by Crippen LogP contribution is -2.08. The van der Waals surface area contributed by atoms with Crippen LogP contribution in [0.25, 0.3) is 0 Å². The molecule has 0 heterocycles. The summed E-state index contributed by atoms with van der Waals surface area (Å²) in [4.78, 5) is 10.8. The summed E-state index contributed by atoms with van der Waals surface area (Å²) in [7, 11) is 1.33. The fourth-order valence-electron chi connectivity index (χ4n) is 0.997. The van der Waals surface area contributed by atoms with Crippen molar-refractivity contribution in [2.75, 3.05) is 19.5 Å². The Kier molecular flexibility index (Phi) is 4.24. The molecule has 1 aromatic carbocycles. The van der Waals surface area contributed by atoms with Gasteiger partial charge >= 0.3 is 5.97 Å². The van der Waals surface area contributed by atoms with E-state index in [0.29, 0.717) is 16.5 Å². The highest BCUT2D eigenvalue weighted by Gasteiger charge is 2.03. The molecule has 0 aliphatic rings. The van der Waals surface area contributed by atoms with Gasteiger partial charge in [0.2, 0.25) is 0 Å². The van der Waals surface area contributed by atoms with Crippen molar-refractivity contribution in [1.82, 2.24) is 0 Å². The van der Waals surface area contributed by atoms with Crippen LogP contribution in [0.2, 0.25) is 5.02 Å². The lowest BCUT2D eigenvalue weighted by atomic mass is 10.3. The molecule has 1 aromatic rings. The van der Waals surface area contributed by atoms with Crippen LogP contribution in [-0.4, -0.2) is 19.7 Å². The lowest BCUT2D eigenvalue weighted by Gasteiger charge is -2.08. The quantitative estimate of drug-likeness (QED) is 0.633. The van der Waals surface area contributed by atoms with Gasteiger partial charge in [0.25, 0.3) is 0 Å². The van der Waals surface area contributed by atoms with E-state index in [9.17, 15) is 4.79 Å². The zero-order valence-corrected chi connectivity index (χ0v) is 9.08. The highest BCUT2D eigenvalue weighted by Crippen LogP contribution is 2.24. The topological polar surface area (TPSA) is 61.5 Å². The monoisotopic (exact) mass is 229 g/mol. The van der Waals surface area contributed by atoms with E-state index in [1.807, 2.05) is 0 Å². The number of ether oxygens (including phenoxy) is 2. The van der Waals surface area contributed by atoms with E-state index in [4.69, 9.17) is 22.1 Å². The SMILES string of the molecule is COC(=O)CCOc1ccc(Cl)cc1N. The average Bonchev–Trinajstić information content (AvgIpc) is 2.21. The van der Waals surface area contributed by atoms with Gasteiger partial charge in [0, 0.05) is 5.02 Å². The third kappa shape index (κ3) is 3.67. The minimum absolute atomic E-state index is 0.193. The average molecular weight is 230 g/mol. The van der Waals surface area contributed by atoms with Crippen molar-refractivity contribution >= 4 is 23.3 Å². The third-order valence-corrected chi connectivity index (χ3v) is 2.00. The van der Waals surface area contributed by atoms with E-state index >= 15 is 0 Å². The molecule has 0 saturated carbocycles. The van der Waals surface area contributed by atoms with Crippen LogP contribution >= 0.6 is 11.6 Å².